The maximum atomic E-state index is 5.93. The molecule has 0 amide bonds. The van der Waals surface area contributed by atoms with Gasteiger partial charge in [-0.3, -0.25) is 4.90 Å². The number of hydrogen-bond acceptors (Lipinski definition) is 6. The summed E-state index contributed by atoms with van der Waals surface area (Å²) in [4.78, 5) is 6.50. The largest absolute Gasteiger partial charge is 0.490 e. The second kappa shape index (κ2) is 11.2. The summed E-state index contributed by atoms with van der Waals surface area (Å²) in [5, 5.41) is 3.98. The van der Waals surface area contributed by atoms with Gasteiger partial charge in [-0.1, -0.05) is 23.7 Å². The Morgan fingerprint density at radius 2 is 1.93 bits per heavy atom. The third-order valence-corrected chi connectivity index (χ3v) is 4.75. The number of aromatic nitrogens is 1. The van der Waals surface area contributed by atoms with Gasteiger partial charge >= 0.3 is 0 Å². The van der Waals surface area contributed by atoms with Crippen LogP contribution in [0.25, 0.3) is 0 Å². The van der Waals surface area contributed by atoms with Gasteiger partial charge in [0.25, 0.3) is 0 Å². The van der Waals surface area contributed by atoms with Gasteiger partial charge in [-0.2, -0.15) is 0 Å². The fraction of sp³-hybridized carbons (Fsp3) is 0.476. The van der Waals surface area contributed by atoms with Crippen LogP contribution in [0, 0.1) is 0 Å². The third-order valence-electron chi connectivity index (χ3n) is 4.53. The number of halogens is 1. The van der Waals surface area contributed by atoms with Crippen LogP contribution < -0.4 is 14.8 Å². The van der Waals surface area contributed by atoms with Crippen LogP contribution in [0.3, 0.4) is 0 Å². The number of rotatable bonds is 10. The van der Waals surface area contributed by atoms with Crippen molar-refractivity contribution < 1.29 is 14.2 Å². The minimum atomic E-state index is 0.418. The van der Waals surface area contributed by atoms with Gasteiger partial charge in [-0.05, 0) is 30.7 Å². The normalized spacial score (nSPS) is 14.8. The molecule has 1 aromatic carbocycles. The molecule has 6 nitrogen and oxygen atoms in total. The molecule has 0 aliphatic carbocycles. The first kappa shape index (κ1) is 20.9. The monoisotopic (exact) mass is 405 g/mol. The molecule has 1 aliphatic rings. The molecule has 1 N–H and O–H groups in total. The van der Waals surface area contributed by atoms with Gasteiger partial charge in [-0.25, -0.2) is 4.98 Å². The van der Waals surface area contributed by atoms with Gasteiger partial charge in [-0.15, -0.1) is 0 Å². The maximum absolute atomic E-state index is 5.93. The summed E-state index contributed by atoms with van der Waals surface area (Å²) in [6.07, 6.45) is 1.72. The summed E-state index contributed by atoms with van der Waals surface area (Å²) >= 11 is 5.82. The number of nitrogens with one attached hydrogen (secondary N) is 1. The summed E-state index contributed by atoms with van der Waals surface area (Å²) in [6, 6.07) is 9.74. The van der Waals surface area contributed by atoms with Gasteiger partial charge in [0.2, 0.25) is 0 Å². The SMILES string of the molecule is CCOc1cc(CNCCN2CCOCC2)ccc1OCc1ccc(Cl)nc1. The van der Waals surface area contributed by atoms with Crippen molar-refractivity contribution in [3.63, 3.8) is 0 Å². The van der Waals surface area contributed by atoms with Crippen LogP contribution in [0.15, 0.2) is 36.5 Å². The van der Waals surface area contributed by atoms with Crippen molar-refractivity contribution in [3.05, 3.63) is 52.8 Å². The molecule has 0 bridgehead atoms. The molecule has 28 heavy (non-hydrogen) atoms. The lowest BCUT2D eigenvalue weighted by Gasteiger charge is -2.26. The number of morpholine rings is 1. The van der Waals surface area contributed by atoms with E-state index in [1.54, 1.807) is 12.3 Å². The minimum Gasteiger partial charge on any atom is -0.490 e. The van der Waals surface area contributed by atoms with E-state index < -0.39 is 0 Å². The molecule has 1 aromatic heterocycles. The molecule has 0 unspecified atom stereocenters. The van der Waals surface area contributed by atoms with Crippen LogP contribution in [-0.2, 0) is 17.9 Å². The second-order valence-electron chi connectivity index (χ2n) is 6.62. The van der Waals surface area contributed by atoms with Crippen molar-refractivity contribution in [1.29, 1.82) is 0 Å². The van der Waals surface area contributed by atoms with Crippen molar-refractivity contribution in [2.45, 2.75) is 20.1 Å². The minimum absolute atomic E-state index is 0.418. The van der Waals surface area contributed by atoms with E-state index in [-0.39, 0.29) is 0 Å². The standard InChI is InChI=1S/C21H28ClN3O3/c1-2-27-20-13-17(14-23-7-8-25-9-11-26-12-10-25)3-5-19(20)28-16-18-4-6-21(22)24-15-18/h3-6,13,15,23H,2,7-12,14,16H2,1H3. The van der Waals surface area contributed by atoms with Crippen molar-refractivity contribution in [1.82, 2.24) is 15.2 Å². The topological polar surface area (TPSA) is 55.9 Å². The lowest BCUT2D eigenvalue weighted by Crippen LogP contribution is -2.40. The second-order valence-corrected chi connectivity index (χ2v) is 7.01. The quantitative estimate of drug-likeness (QED) is 0.484. The van der Waals surface area contributed by atoms with Gasteiger partial charge in [0.1, 0.15) is 11.8 Å². The molecule has 152 valence electrons. The first-order valence-corrected chi connectivity index (χ1v) is 10.1. The molecule has 3 rings (SSSR count). The maximum Gasteiger partial charge on any atom is 0.161 e. The van der Waals surface area contributed by atoms with E-state index in [9.17, 15) is 0 Å². The van der Waals surface area contributed by atoms with Crippen molar-refractivity contribution in [2.75, 3.05) is 46.0 Å². The summed E-state index contributed by atoms with van der Waals surface area (Å²) < 4.78 is 17.1. The average molecular weight is 406 g/mol. The molecule has 0 spiro atoms. The highest BCUT2D eigenvalue weighted by Gasteiger charge is 2.10. The Hall–Kier alpha value is -1.86. The molecular formula is C21H28ClN3O3. The number of ether oxygens (including phenoxy) is 3. The van der Waals surface area contributed by atoms with Crippen LogP contribution in [0.5, 0.6) is 11.5 Å². The number of hydrogen-bond donors (Lipinski definition) is 1. The number of pyridine rings is 1. The van der Waals surface area contributed by atoms with Crippen LogP contribution in [0.4, 0.5) is 0 Å². The van der Waals surface area contributed by atoms with E-state index in [1.807, 2.05) is 25.1 Å². The lowest BCUT2D eigenvalue weighted by atomic mass is 10.2. The van der Waals surface area contributed by atoms with E-state index in [0.717, 1.165) is 63.0 Å². The van der Waals surface area contributed by atoms with Crippen LogP contribution in [0.1, 0.15) is 18.1 Å². The van der Waals surface area contributed by atoms with Crippen LogP contribution in [-0.4, -0.2) is 55.9 Å². The molecule has 1 aliphatic heterocycles. The van der Waals surface area contributed by atoms with E-state index in [4.69, 9.17) is 25.8 Å². The molecule has 0 atom stereocenters. The van der Waals surface area contributed by atoms with E-state index in [0.29, 0.717) is 18.4 Å². The Balaban J connectivity index is 1.50. The van der Waals surface area contributed by atoms with E-state index in [2.05, 4.69) is 21.3 Å². The summed E-state index contributed by atoms with van der Waals surface area (Å²) in [5.74, 6) is 1.49. The highest BCUT2D eigenvalue weighted by Crippen LogP contribution is 2.29. The fourth-order valence-electron chi connectivity index (χ4n) is 3.00. The summed E-state index contributed by atoms with van der Waals surface area (Å²) in [5.41, 5.74) is 2.13. The Morgan fingerprint density at radius 1 is 1.11 bits per heavy atom. The zero-order valence-electron chi connectivity index (χ0n) is 16.3. The lowest BCUT2D eigenvalue weighted by molar-refractivity contribution is 0.0384. The van der Waals surface area contributed by atoms with E-state index in [1.165, 1.54) is 5.56 Å². The molecule has 2 aromatic rings. The van der Waals surface area contributed by atoms with Crippen molar-refractivity contribution in [3.8, 4) is 11.5 Å². The first-order valence-electron chi connectivity index (χ1n) is 9.74. The van der Waals surface area contributed by atoms with Crippen molar-refractivity contribution in [2.24, 2.45) is 0 Å². The molecular weight excluding hydrogens is 378 g/mol. The number of benzene rings is 1. The summed E-state index contributed by atoms with van der Waals surface area (Å²) in [7, 11) is 0. The van der Waals surface area contributed by atoms with Crippen LogP contribution in [0.2, 0.25) is 5.15 Å². The molecule has 2 heterocycles. The Kier molecular flexibility index (Phi) is 8.36. The zero-order valence-corrected chi connectivity index (χ0v) is 17.1. The molecule has 0 saturated carbocycles. The Morgan fingerprint density at radius 3 is 2.68 bits per heavy atom. The number of nitrogens with zero attached hydrogens (tertiary/aromatic N) is 2. The average Bonchev–Trinajstić information content (AvgIpc) is 2.73. The van der Waals surface area contributed by atoms with Gasteiger partial charge in [0.15, 0.2) is 11.5 Å². The first-order chi connectivity index (χ1) is 13.7. The van der Waals surface area contributed by atoms with Gasteiger partial charge < -0.3 is 19.5 Å². The Bertz CT molecular complexity index is 721. The van der Waals surface area contributed by atoms with Gasteiger partial charge in [0.05, 0.1) is 19.8 Å². The van der Waals surface area contributed by atoms with Crippen molar-refractivity contribution >= 4 is 11.6 Å². The van der Waals surface area contributed by atoms with Gasteiger partial charge in [0, 0.05) is 44.5 Å². The fourth-order valence-corrected chi connectivity index (χ4v) is 3.11. The molecule has 7 heteroatoms. The smallest absolute Gasteiger partial charge is 0.161 e. The zero-order chi connectivity index (χ0) is 19.6. The molecule has 1 saturated heterocycles. The van der Waals surface area contributed by atoms with Crippen LogP contribution >= 0.6 is 11.6 Å². The Labute approximate surface area is 171 Å². The molecule has 0 radical (unpaired) electrons. The van der Waals surface area contributed by atoms with E-state index >= 15 is 0 Å². The third kappa shape index (κ3) is 6.63. The summed E-state index contributed by atoms with van der Waals surface area (Å²) in [6.45, 7) is 9.48. The predicted octanol–water partition coefficient (Wildman–Crippen LogP) is 3.13. The predicted molar refractivity (Wildman–Crippen MR) is 110 cm³/mol. The highest BCUT2D eigenvalue weighted by atomic mass is 35.5. The highest BCUT2D eigenvalue weighted by molar-refractivity contribution is 6.29. The molecule has 1 fully saturated rings.